The predicted molar refractivity (Wildman–Crippen MR) is 95.8 cm³/mol. The Hall–Kier alpha value is -2.96. The van der Waals surface area contributed by atoms with Crippen LogP contribution < -0.4 is 4.74 Å². The molecule has 0 spiro atoms. The molecule has 0 bridgehead atoms. The van der Waals surface area contributed by atoms with Gasteiger partial charge in [0, 0.05) is 18.8 Å². The summed E-state index contributed by atoms with van der Waals surface area (Å²) < 4.78 is 9.30. The number of imidazole rings is 1. The van der Waals surface area contributed by atoms with Gasteiger partial charge in [-0.3, -0.25) is 9.08 Å². The number of ether oxygens (including phenoxy) is 1. The molecule has 0 aromatic carbocycles. The van der Waals surface area contributed by atoms with Crippen LogP contribution in [-0.4, -0.2) is 36.2 Å². The number of aromatic nitrogens is 6. The zero-order valence-corrected chi connectivity index (χ0v) is 14.8. The van der Waals surface area contributed by atoms with E-state index in [4.69, 9.17) is 9.72 Å². The van der Waals surface area contributed by atoms with Gasteiger partial charge in [0.15, 0.2) is 5.65 Å². The molecular weight excluding hydrogens is 316 g/mol. The van der Waals surface area contributed by atoms with Gasteiger partial charge in [0.05, 0.1) is 35.8 Å². The summed E-state index contributed by atoms with van der Waals surface area (Å²) in [6, 6.07) is 3.75. The van der Waals surface area contributed by atoms with Crippen molar-refractivity contribution in [3.05, 3.63) is 35.9 Å². The second-order valence-corrected chi connectivity index (χ2v) is 6.09. The minimum absolute atomic E-state index is 0.554. The lowest BCUT2D eigenvalue weighted by atomic mass is 10.3. The molecule has 0 fully saturated rings. The van der Waals surface area contributed by atoms with Gasteiger partial charge in [-0.25, -0.2) is 9.97 Å². The predicted octanol–water partition coefficient (Wildman–Crippen LogP) is 3.18. The van der Waals surface area contributed by atoms with E-state index in [0.29, 0.717) is 5.88 Å². The van der Waals surface area contributed by atoms with Crippen molar-refractivity contribution in [2.24, 2.45) is 0 Å². The molecule has 4 rings (SSSR count). The van der Waals surface area contributed by atoms with Crippen LogP contribution in [0.15, 0.2) is 24.5 Å². The van der Waals surface area contributed by atoms with Gasteiger partial charge in [0.2, 0.25) is 5.88 Å². The third kappa shape index (κ3) is 2.43. The molecule has 0 N–H and O–H groups in total. The number of fused-ring (bicyclic) bond motifs is 3. The Morgan fingerprint density at radius 1 is 1.08 bits per heavy atom. The van der Waals surface area contributed by atoms with Crippen LogP contribution in [0.25, 0.3) is 28.1 Å². The Morgan fingerprint density at radius 2 is 1.88 bits per heavy atom. The summed E-state index contributed by atoms with van der Waals surface area (Å²) in [6.07, 6.45) is 4.91. The summed E-state index contributed by atoms with van der Waals surface area (Å²) in [4.78, 5) is 14.1. The highest BCUT2D eigenvalue weighted by Crippen LogP contribution is 2.28. The lowest BCUT2D eigenvalue weighted by Crippen LogP contribution is -2.00. The second-order valence-electron chi connectivity index (χ2n) is 6.09. The number of hydrogen-bond acceptors (Lipinski definition) is 5. The molecule has 7 nitrogen and oxygen atoms in total. The van der Waals surface area contributed by atoms with E-state index < -0.39 is 0 Å². The van der Waals surface area contributed by atoms with Crippen molar-refractivity contribution < 1.29 is 4.74 Å². The van der Waals surface area contributed by atoms with Gasteiger partial charge in [-0.05, 0) is 26.3 Å². The number of hydrogen-bond donors (Lipinski definition) is 0. The molecule has 128 valence electrons. The Balaban J connectivity index is 2.06. The molecule has 25 heavy (non-hydrogen) atoms. The normalized spacial score (nSPS) is 11.5. The summed E-state index contributed by atoms with van der Waals surface area (Å²) in [6.45, 7) is 7.01. The fourth-order valence-electron chi connectivity index (χ4n) is 3.21. The molecule has 0 aliphatic rings. The number of methoxy groups -OCH3 is 1. The van der Waals surface area contributed by atoms with Crippen molar-refractivity contribution in [3.63, 3.8) is 0 Å². The SMILES string of the molecule is CCCn1cc(-c2nc(C)c3c(C)nc4ccc(OC)nc4n23)cn1. The van der Waals surface area contributed by atoms with Crippen molar-refractivity contribution in [3.8, 4) is 17.3 Å². The van der Waals surface area contributed by atoms with Crippen molar-refractivity contribution in [1.29, 1.82) is 0 Å². The molecule has 0 saturated heterocycles. The highest BCUT2D eigenvalue weighted by molar-refractivity contribution is 5.81. The number of pyridine rings is 1. The van der Waals surface area contributed by atoms with Crippen LogP contribution in [0.5, 0.6) is 5.88 Å². The second kappa shape index (κ2) is 5.84. The third-order valence-electron chi connectivity index (χ3n) is 4.28. The van der Waals surface area contributed by atoms with Crippen molar-refractivity contribution in [2.45, 2.75) is 33.7 Å². The first-order valence-electron chi connectivity index (χ1n) is 8.35. The maximum absolute atomic E-state index is 5.30. The van der Waals surface area contributed by atoms with Gasteiger partial charge in [-0.2, -0.15) is 10.1 Å². The topological polar surface area (TPSA) is 70.1 Å². The fourth-order valence-corrected chi connectivity index (χ4v) is 3.21. The van der Waals surface area contributed by atoms with Crippen LogP contribution in [0.3, 0.4) is 0 Å². The van der Waals surface area contributed by atoms with E-state index in [-0.39, 0.29) is 0 Å². The molecule has 4 aromatic heterocycles. The first-order chi connectivity index (χ1) is 12.1. The first kappa shape index (κ1) is 15.6. The van der Waals surface area contributed by atoms with E-state index in [9.17, 15) is 0 Å². The maximum atomic E-state index is 5.30. The van der Waals surface area contributed by atoms with Gasteiger partial charge >= 0.3 is 0 Å². The largest absolute Gasteiger partial charge is 0.481 e. The van der Waals surface area contributed by atoms with Crippen LogP contribution in [-0.2, 0) is 6.54 Å². The molecule has 0 atom stereocenters. The van der Waals surface area contributed by atoms with Gasteiger partial charge < -0.3 is 4.74 Å². The summed E-state index contributed by atoms with van der Waals surface area (Å²) >= 11 is 0. The zero-order valence-electron chi connectivity index (χ0n) is 14.8. The fraction of sp³-hybridized carbons (Fsp3) is 0.333. The van der Waals surface area contributed by atoms with E-state index in [1.54, 1.807) is 7.11 Å². The van der Waals surface area contributed by atoms with Crippen molar-refractivity contribution in [2.75, 3.05) is 7.11 Å². The lowest BCUT2D eigenvalue weighted by Gasteiger charge is -2.08. The van der Waals surface area contributed by atoms with E-state index in [0.717, 1.165) is 52.4 Å². The standard InChI is InChI=1S/C18H20N6O/c1-5-8-23-10-13(9-19-23)17-21-12(3)16-11(2)20-14-6-7-15(25-4)22-18(14)24(16)17/h6-7,9-10H,5,8H2,1-4H3. The van der Waals surface area contributed by atoms with Crippen LogP contribution in [0.4, 0.5) is 0 Å². The molecule has 4 heterocycles. The van der Waals surface area contributed by atoms with Gasteiger partial charge in [0.1, 0.15) is 11.3 Å². The van der Waals surface area contributed by atoms with Gasteiger partial charge in [0.25, 0.3) is 0 Å². The number of nitrogens with zero attached hydrogens (tertiary/aromatic N) is 6. The maximum Gasteiger partial charge on any atom is 0.215 e. The van der Waals surface area contributed by atoms with Crippen LogP contribution >= 0.6 is 0 Å². The van der Waals surface area contributed by atoms with E-state index in [2.05, 4.69) is 26.4 Å². The Kier molecular flexibility index (Phi) is 3.63. The average molecular weight is 336 g/mol. The smallest absolute Gasteiger partial charge is 0.215 e. The van der Waals surface area contributed by atoms with Crippen LogP contribution in [0.2, 0.25) is 0 Å². The Bertz CT molecular complexity index is 1080. The molecule has 4 aromatic rings. The zero-order chi connectivity index (χ0) is 17.6. The highest BCUT2D eigenvalue weighted by Gasteiger charge is 2.18. The van der Waals surface area contributed by atoms with E-state index in [1.165, 1.54) is 0 Å². The molecule has 0 saturated carbocycles. The first-order valence-corrected chi connectivity index (χ1v) is 8.35. The summed E-state index contributed by atoms with van der Waals surface area (Å²) in [7, 11) is 1.61. The number of rotatable bonds is 4. The molecule has 0 radical (unpaired) electrons. The molecule has 0 unspecified atom stereocenters. The van der Waals surface area contributed by atoms with E-state index in [1.807, 2.05) is 43.1 Å². The van der Waals surface area contributed by atoms with E-state index >= 15 is 0 Å². The summed E-state index contributed by atoms with van der Waals surface area (Å²) in [5.41, 5.74) is 5.34. The molecule has 0 aliphatic carbocycles. The van der Waals surface area contributed by atoms with Gasteiger partial charge in [-0.15, -0.1) is 0 Å². The molecule has 0 aliphatic heterocycles. The highest BCUT2D eigenvalue weighted by atomic mass is 16.5. The summed E-state index contributed by atoms with van der Waals surface area (Å²) in [5, 5.41) is 4.44. The Morgan fingerprint density at radius 3 is 2.64 bits per heavy atom. The molecule has 7 heteroatoms. The third-order valence-corrected chi connectivity index (χ3v) is 4.28. The minimum atomic E-state index is 0.554. The molecular formula is C18H20N6O. The summed E-state index contributed by atoms with van der Waals surface area (Å²) in [5.74, 6) is 1.38. The molecule has 0 amide bonds. The minimum Gasteiger partial charge on any atom is -0.481 e. The van der Waals surface area contributed by atoms with Crippen molar-refractivity contribution in [1.82, 2.24) is 29.1 Å². The number of aryl methyl sites for hydroxylation is 3. The van der Waals surface area contributed by atoms with Crippen LogP contribution in [0.1, 0.15) is 24.7 Å². The van der Waals surface area contributed by atoms with Crippen molar-refractivity contribution >= 4 is 16.7 Å². The monoisotopic (exact) mass is 336 g/mol. The Labute approximate surface area is 145 Å². The van der Waals surface area contributed by atoms with Crippen LogP contribution in [0, 0.1) is 13.8 Å². The average Bonchev–Trinajstić information content (AvgIpc) is 3.20. The quantitative estimate of drug-likeness (QED) is 0.572. The van der Waals surface area contributed by atoms with Gasteiger partial charge in [-0.1, -0.05) is 6.92 Å². The lowest BCUT2D eigenvalue weighted by molar-refractivity contribution is 0.399.